The first kappa shape index (κ1) is 29.1. The fraction of sp³-hybridized carbons (Fsp3) is 0.400. The van der Waals surface area contributed by atoms with Gasteiger partial charge >= 0.3 is 5.69 Å². The van der Waals surface area contributed by atoms with Crippen molar-refractivity contribution in [3.63, 3.8) is 0 Å². The molecule has 12 heteroatoms. The largest absolute Gasteiger partial charge is 0.361 e. The first-order valence-corrected chi connectivity index (χ1v) is 13.8. The van der Waals surface area contributed by atoms with Gasteiger partial charge in [0.05, 0.1) is 0 Å². The summed E-state index contributed by atoms with van der Waals surface area (Å²) in [5.74, 6) is 1.30. The second-order valence-electron chi connectivity index (χ2n) is 11.5. The lowest BCUT2D eigenvalue weighted by Crippen LogP contribution is -2.43. The second kappa shape index (κ2) is 11.5. The Labute approximate surface area is 242 Å². The van der Waals surface area contributed by atoms with Gasteiger partial charge in [0.25, 0.3) is 5.56 Å². The molecule has 0 aliphatic heterocycles. The molecule has 0 fully saturated rings. The molecule has 2 aromatic carbocycles. The van der Waals surface area contributed by atoms with Gasteiger partial charge in [0, 0.05) is 32.7 Å². The van der Waals surface area contributed by atoms with Crippen LogP contribution in [0.3, 0.4) is 0 Å². The second-order valence-corrected chi connectivity index (χ2v) is 11.5. The topological polar surface area (TPSA) is 135 Å². The van der Waals surface area contributed by atoms with Gasteiger partial charge in [0.15, 0.2) is 17.0 Å². The van der Waals surface area contributed by atoms with E-state index >= 15 is 0 Å². The molecule has 5 rings (SSSR count). The lowest BCUT2D eigenvalue weighted by Gasteiger charge is -2.20. The molecule has 0 saturated carbocycles. The van der Waals surface area contributed by atoms with Crippen molar-refractivity contribution in [2.24, 2.45) is 5.41 Å². The number of nitrogens with one attached hydrogen (secondary N) is 1. The molecule has 0 aliphatic carbocycles. The highest BCUT2D eigenvalue weighted by atomic mass is 16.5. The van der Waals surface area contributed by atoms with Crippen LogP contribution in [0.1, 0.15) is 58.5 Å². The van der Waals surface area contributed by atoms with E-state index in [9.17, 15) is 9.59 Å². The summed E-state index contributed by atoms with van der Waals surface area (Å²) in [6.45, 7) is 10.1. The summed E-state index contributed by atoms with van der Waals surface area (Å²) in [4.78, 5) is 32.4. The Kier molecular flexibility index (Phi) is 7.93. The number of H-pyrrole nitrogens is 1. The summed E-state index contributed by atoms with van der Waals surface area (Å²) in [6.07, 6.45) is -0.841. The van der Waals surface area contributed by atoms with E-state index in [0.29, 0.717) is 35.8 Å². The van der Waals surface area contributed by atoms with E-state index in [1.165, 1.54) is 18.8 Å². The molecule has 5 aromatic rings. The van der Waals surface area contributed by atoms with Crippen molar-refractivity contribution in [2.45, 2.75) is 60.0 Å². The molecule has 3 aromatic heterocycles. The molecule has 0 aliphatic rings. The Morgan fingerprint density at radius 1 is 0.905 bits per heavy atom. The minimum atomic E-state index is -0.780. The van der Waals surface area contributed by atoms with Crippen molar-refractivity contribution in [2.75, 3.05) is 14.2 Å². The van der Waals surface area contributed by atoms with Crippen LogP contribution in [0.2, 0.25) is 0 Å². The molecule has 0 amide bonds. The van der Waals surface area contributed by atoms with E-state index in [4.69, 9.17) is 14.5 Å². The summed E-state index contributed by atoms with van der Waals surface area (Å²) >= 11 is 0. The highest BCUT2D eigenvalue weighted by molar-refractivity contribution is 5.80. The van der Waals surface area contributed by atoms with Crippen molar-refractivity contribution < 1.29 is 9.47 Å². The van der Waals surface area contributed by atoms with Crippen LogP contribution < -0.4 is 11.2 Å². The van der Waals surface area contributed by atoms with Gasteiger partial charge in [-0.15, -0.1) is 5.10 Å². The van der Waals surface area contributed by atoms with Crippen molar-refractivity contribution in [3.8, 4) is 22.5 Å². The minimum absolute atomic E-state index is 0.126. The Hall–Kier alpha value is -4.42. The van der Waals surface area contributed by atoms with E-state index in [-0.39, 0.29) is 5.41 Å². The van der Waals surface area contributed by atoms with Crippen LogP contribution >= 0.6 is 0 Å². The number of nitrogens with zero attached hydrogens (tertiary/aromatic N) is 7. The number of rotatable bonds is 9. The Morgan fingerprint density at radius 2 is 1.55 bits per heavy atom. The number of tetrazole rings is 1. The predicted molar refractivity (Wildman–Crippen MR) is 159 cm³/mol. The average molecular weight is 573 g/mol. The summed E-state index contributed by atoms with van der Waals surface area (Å²) in [6, 6.07) is 16.0. The number of ether oxygens (including phenoxy) is 2. The van der Waals surface area contributed by atoms with Crippen LogP contribution in [0.15, 0.2) is 58.1 Å². The molecule has 2 atom stereocenters. The number of benzene rings is 2. The highest BCUT2D eigenvalue weighted by Gasteiger charge is 2.27. The maximum atomic E-state index is 13.9. The number of aromatic nitrogens is 8. The van der Waals surface area contributed by atoms with E-state index in [1.807, 2.05) is 53.1 Å². The first-order valence-electron chi connectivity index (χ1n) is 13.8. The maximum Gasteiger partial charge on any atom is 0.337 e. The van der Waals surface area contributed by atoms with E-state index in [2.05, 4.69) is 41.4 Å². The normalized spacial score (nSPS) is 13.5. The fourth-order valence-electron chi connectivity index (χ4n) is 5.10. The quantitative estimate of drug-likeness (QED) is 0.278. The summed E-state index contributed by atoms with van der Waals surface area (Å²) < 4.78 is 15.4. The Balaban J connectivity index is 1.66. The number of hydrogen-bond acceptors (Lipinski definition) is 8. The van der Waals surface area contributed by atoms with Gasteiger partial charge in [-0.3, -0.25) is 4.79 Å². The molecule has 0 saturated heterocycles. The standard InChI is InChI=1S/C30H36N8O4/c1-18(41-6)37-27-25(28(39)38(29(37)40)19(2)42-7)36(24(31-27)16-30(3,4)5)17-20-12-14-21(15-13-20)22-10-8-9-11-23(22)26-32-34-35-33-26/h8-15,18-19H,16-17H2,1-7H3,(H,32,33,34,35). The highest BCUT2D eigenvalue weighted by Crippen LogP contribution is 2.30. The van der Waals surface area contributed by atoms with Gasteiger partial charge in [-0.05, 0) is 46.4 Å². The molecule has 0 radical (unpaired) electrons. The number of hydrogen-bond donors (Lipinski definition) is 1. The van der Waals surface area contributed by atoms with Crippen LogP contribution in [-0.4, -0.2) is 53.5 Å². The molecular formula is C30H36N8O4. The lowest BCUT2D eigenvalue weighted by molar-refractivity contribution is 0.0374. The summed E-state index contributed by atoms with van der Waals surface area (Å²) in [5, 5.41) is 14.3. The average Bonchev–Trinajstić information content (AvgIpc) is 3.61. The van der Waals surface area contributed by atoms with Crippen LogP contribution in [0.4, 0.5) is 0 Å². The third-order valence-corrected chi connectivity index (χ3v) is 7.32. The smallest absolute Gasteiger partial charge is 0.337 e. The van der Waals surface area contributed by atoms with E-state index in [0.717, 1.165) is 26.8 Å². The van der Waals surface area contributed by atoms with Crippen molar-refractivity contribution >= 4 is 11.2 Å². The Morgan fingerprint density at radius 3 is 2.14 bits per heavy atom. The van der Waals surface area contributed by atoms with Crippen molar-refractivity contribution in [3.05, 3.63) is 80.8 Å². The fourth-order valence-corrected chi connectivity index (χ4v) is 5.10. The molecule has 0 bridgehead atoms. The Bertz CT molecular complexity index is 1810. The summed E-state index contributed by atoms with van der Waals surface area (Å²) in [7, 11) is 2.98. The van der Waals surface area contributed by atoms with Gasteiger partial charge < -0.3 is 14.0 Å². The molecule has 42 heavy (non-hydrogen) atoms. The third kappa shape index (κ3) is 5.42. The predicted octanol–water partition coefficient (Wildman–Crippen LogP) is 4.17. The number of imidazole rings is 1. The molecule has 220 valence electrons. The zero-order valence-electron chi connectivity index (χ0n) is 25.0. The number of methoxy groups -OCH3 is 2. The number of aromatic amines is 1. The van der Waals surface area contributed by atoms with Gasteiger partial charge in [0.1, 0.15) is 18.3 Å². The van der Waals surface area contributed by atoms with E-state index < -0.39 is 23.7 Å². The van der Waals surface area contributed by atoms with Crippen LogP contribution in [0.5, 0.6) is 0 Å². The first-order chi connectivity index (χ1) is 20.0. The number of fused-ring (bicyclic) bond motifs is 1. The van der Waals surface area contributed by atoms with Crippen molar-refractivity contribution in [1.82, 2.24) is 39.3 Å². The van der Waals surface area contributed by atoms with Crippen LogP contribution in [-0.2, 0) is 22.4 Å². The third-order valence-electron chi connectivity index (χ3n) is 7.32. The zero-order valence-corrected chi connectivity index (χ0v) is 25.0. The minimum Gasteiger partial charge on any atom is -0.361 e. The zero-order chi connectivity index (χ0) is 30.2. The monoisotopic (exact) mass is 572 g/mol. The lowest BCUT2D eigenvalue weighted by atomic mass is 9.92. The van der Waals surface area contributed by atoms with Gasteiger partial charge in [-0.25, -0.2) is 24.0 Å². The van der Waals surface area contributed by atoms with Gasteiger partial charge in [0.2, 0.25) is 0 Å². The van der Waals surface area contributed by atoms with Gasteiger partial charge in [-0.2, -0.15) is 0 Å². The maximum absolute atomic E-state index is 13.9. The van der Waals surface area contributed by atoms with Crippen LogP contribution in [0, 0.1) is 5.41 Å². The molecule has 12 nitrogen and oxygen atoms in total. The van der Waals surface area contributed by atoms with Crippen LogP contribution in [0.25, 0.3) is 33.7 Å². The molecule has 3 heterocycles. The molecule has 2 unspecified atom stereocenters. The molecule has 1 N–H and O–H groups in total. The van der Waals surface area contributed by atoms with E-state index in [1.54, 1.807) is 13.8 Å². The molecular weight excluding hydrogens is 536 g/mol. The van der Waals surface area contributed by atoms with Gasteiger partial charge in [-0.1, -0.05) is 69.3 Å². The SMILES string of the molecule is COC(C)n1c(=O)c2c(nc(CC(C)(C)C)n2Cc2ccc(-c3ccccc3-c3nnn[nH]3)cc2)n(C(C)OC)c1=O. The summed E-state index contributed by atoms with van der Waals surface area (Å²) in [5.41, 5.74) is 3.35. The molecule has 0 spiro atoms. The van der Waals surface area contributed by atoms with Crippen molar-refractivity contribution in [1.29, 1.82) is 0 Å².